The molecule has 0 unspecified atom stereocenters. The van der Waals surface area contributed by atoms with Crippen molar-refractivity contribution < 1.29 is 19.4 Å². The van der Waals surface area contributed by atoms with Gasteiger partial charge in [0, 0.05) is 11.5 Å². The molecule has 1 aromatic carbocycles. The minimum Gasteiger partial charge on any atom is -0.481 e. The van der Waals surface area contributed by atoms with Crippen LogP contribution in [0.25, 0.3) is 0 Å². The van der Waals surface area contributed by atoms with Crippen LogP contribution in [0.4, 0.5) is 0 Å². The van der Waals surface area contributed by atoms with Crippen LogP contribution in [0.3, 0.4) is 0 Å². The van der Waals surface area contributed by atoms with Crippen LogP contribution in [-0.4, -0.2) is 24.2 Å². The number of ether oxygens (including phenoxy) is 1. The molecule has 0 atom stereocenters. The lowest BCUT2D eigenvalue weighted by Crippen LogP contribution is -2.28. The largest absolute Gasteiger partial charge is 0.481 e. The summed E-state index contributed by atoms with van der Waals surface area (Å²) >= 11 is 0. The predicted octanol–water partition coefficient (Wildman–Crippen LogP) is 1.57. The van der Waals surface area contributed by atoms with Crippen molar-refractivity contribution in [1.29, 1.82) is 0 Å². The first-order valence-corrected chi connectivity index (χ1v) is 5.32. The van der Waals surface area contributed by atoms with Crippen LogP contribution >= 0.6 is 0 Å². The topological polar surface area (TPSA) is 63.6 Å². The summed E-state index contributed by atoms with van der Waals surface area (Å²) in [5, 5.41) is 9.08. The van der Waals surface area contributed by atoms with E-state index in [2.05, 4.69) is 16.6 Å². The molecule has 0 radical (unpaired) electrons. The predicted molar refractivity (Wildman–Crippen MR) is 66.0 cm³/mol. The van der Waals surface area contributed by atoms with Crippen molar-refractivity contribution in [3.63, 3.8) is 0 Å². The van der Waals surface area contributed by atoms with Gasteiger partial charge in [-0.15, -0.1) is 0 Å². The average Bonchev–Trinajstić information content (AvgIpc) is 2.36. The van der Waals surface area contributed by atoms with Gasteiger partial charge in [-0.3, -0.25) is 4.79 Å². The fourth-order valence-electron chi connectivity index (χ4n) is 1.27. The van der Waals surface area contributed by atoms with E-state index < -0.39 is 17.4 Å². The van der Waals surface area contributed by atoms with Gasteiger partial charge in [-0.1, -0.05) is 18.1 Å². The van der Waals surface area contributed by atoms with Crippen LogP contribution in [0.2, 0.25) is 0 Å². The van der Waals surface area contributed by atoms with E-state index in [1.54, 1.807) is 38.1 Å². The Kier molecular flexibility index (Phi) is 4.11. The van der Waals surface area contributed by atoms with E-state index in [1.165, 1.54) is 7.11 Å². The zero-order valence-electron chi connectivity index (χ0n) is 10.5. The van der Waals surface area contributed by atoms with E-state index in [0.29, 0.717) is 11.1 Å². The van der Waals surface area contributed by atoms with Gasteiger partial charge in [0.15, 0.2) is 0 Å². The summed E-state index contributed by atoms with van der Waals surface area (Å²) in [6, 6.07) is 6.73. The molecule has 0 bridgehead atoms. The number of hydrogen-bond donors (Lipinski definition) is 1. The number of carbonyl (C=O) groups excluding carboxylic acids is 1. The van der Waals surface area contributed by atoms with Crippen LogP contribution in [0.15, 0.2) is 24.3 Å². The third kappa shape index (κ3) is 3.11. The molecule has 0 fully saturated rings. The quantitative estimate of drug-likeness (QED) is 0.635. The van der Waals surface area contributed by atoms with Crippen molar-refractivity contribution in [2.24, 2.45) is 0 Å². The zero-order chi connectivity index (χ0) is 13.8. The molecule has 0 saturated heterocycles. The highest BCUT2D eigenvalue weighted by Gasteiger charge is 2.28. The zero-order valence-corrected chi connectivity index (χ0v) is 10.5. The molecule has 0 aliphatic carbocycles. The fourth-order valence-corrected chi connectivity index (χ4v) is 1.27. The number of benzene rings is 1. The second-order valence-electron chi connectivity index (χ2n) is 4.25. The summed E-state index contributed by atoms with van der Waals surface area (Å²) in [6.45, 7) is 3.26. The van der Waals surface area contributed by atoms with Gasteiger partial charge in [-0.05, 0) is 31.5 Å². The summed E-state index contributed by atoms with van der Waals surface area (Å²) in [5.41, 5.74) is 0.359. The smallest absolute Gasteiger partial charge is 0.384 e. The monoisotopic (exact) mass is 246 g/mol. The Hall–Kier alpha value is -2.28. The lowest BCUT2D eigenvalue weighted by Gasteiger charge is -2.19. The lowest BCUT2D eigenvalue weighted by atomic mass is 9.84. The van der Waals surface area contributed by atoms with Crippen molar-refractivity contribution in [2.45, 2.75) is 19.3 Å². The molecule has 0 aromatic heterocycles. The molecule has 4 heteroatoms. The number of rotatable bonds is 2. The molecule has 0 heterocycles. The van der Waals surface area contributed by atoms with Gasteiger partial charge in [-0.2, -0.15) is 0 Å². The molecule has 0 aliphatic heterocycles. The summed E-state index contributed by atoms with van der Waals surface area (Å²) in [5.74, 6) is 3.43. The summed E-state index contributed by atoms with van der Waals surface area (Å²) < 4.78 is 4.39. The maximum atomic E-state index is 11.1. The SMILES string of the molecule is COC(=O)C#Cc1ccc(C(C)(C)C(=O)O)cc1. The minimum absolute atomic E-state index is 0.607. The van der Waals surface area contributed by atoms with E-state index in [1.807, 2.05) is 0 Å². The number of esters is 1. The van der Waals surface area contributed by atoms with Gasteiger partial charge in [0.2, 0.25) is 0 Å². The second kappa shape index (κ2) is 5.37. The fraction of sp³-hybridized carbons (Fsp3) is 0.286. The molecule has 1 rings (SSSR count). The number of aliphatic carboxylic acids is 1. The molecule has 1 N–H and O–H groups in total. The lowest BCUT2D eigenvalue weighted by molar-refractivity contribution is -0.142. The summed E-state index contributed by atoms with van der Waals surface area (Å²) in [6.07, 6.45) is 0. The first kappa shape index (κ1) is 13.8. The maximum Gasteiger partial charge on any atom is 0.384 e. The highest BCUT2D eigenvalue weighted by atomic mass is 16.5. The highest BCUT2D eigenvalue weighted by molar-refractivity contribution is 5.89. The van der Waals surface area contributed by atoms with Crippen molar-refractivity contribution in [1.82, 2.24) is 0 Å². The number of methoxy groups -OCH3 is 1. The van der Waals surface area contributed by atoms with Crippen LogP contribution in [0.5, 0.6) is 0 Å². The van der Waals surface area contributed by atoms with Gasteiger partial charge in [0.05, 0.1) is 12.5 Å². The average molecular weight is 246 g/mol. The van der Waals surface area contributed by atoms with Crippen LogP contribution in [0, 0.1) is 11.8 Å². The van der Waals surface area contributed by atoms with E-state index in [-0.39, 0.29) is 0 Å². The normalized spacial score (nSPS) is 10.2. The number of carboxylic acids is 1. The second-order valence-corrected chi connectivity index (χ2v) is 4.25. The number of carboxylic acid groups (broad SMARTS) is 1. The molecule has 0 aliphatic rings. The molecule has 94 valence electrons. The maximum absolute atomic E-state index is 11.1. The van der Waals surface area contributed by atoms with Gasteiger partial charge < -0.3 is 9.84 Å². The van der Waals surface area contributed by atoms with Crippen molar-refractivity contribution >= 4 is 11.9 Å². The Morgan fingerprint density at radius 1 is 1.22 bits per heavy atom. The van der Waals surface area contributed by atoms with E-state index in [0.717, 1.165) is 0 Å². The minimum atomic E-state index is -0.950. The van der Waals surface area contributed by atoms with Gasteiger partial charge in [0.25, 0.3) is 0 Å². The molecular formula is C14H14O4. The summed E-state index contributed by atoms with van der Waals surface area (Å²) in [4.78, 5) is 21.9. The molecule has 0 amide bonds. The first-order valence-electron chi connectivity index (χ1n) is 5.32. The Morgan fingerprint density at radius 2 is 1.78 bits per heavy atom. The number of carbonyl (C=O) groups is 2. The standard InChI is InChI=1S/C14H14O4/c1-14(2,13(16)17)11-7-4-10(5-8-11)6-9-12(15)18-3/h4-5,7-8H,1-3H3,(H,16,17). The number of hydrogen-bond acceptors (Lipinski definition) is 3. The van der Waals surface area contributed by atoms with E-state index in [4.69, 9.17) is 5.11 Å². The van der Waals surface area contributed by atoms with E-state index in [9.17, 15) is 9.59 Å². The van der Waals surface area contributed by atoms with Crippen molar-refractivity contribution in [2.75, 3.05) is 7.11 Å². The third-order valence-corrected chi connectivity index (χ3v) is 2.64. The molecular weight excluding hydrogens is 232 g/mol. The molecule has 0 saturated carbocycles. The molecule has 4 nitrogen and oxygen atoms in total. The first-order chi connectivity index (χ1) is 8.37. The molecule has 0 spiro atoms. The molecule has 18 heavy (non-hydrogen) atoms. The third-order valence-electron chi connectivity index (χ3n) is 2.64. The van der Waals surface area contributed by atoms with Gasteiger partial charge >= 0.3 is 11.9 Å². The summed E-state index contributed by atoms with van der Waals surface area (Å²) in [7, 11) is 1.26. The Labute approximate surface area is 106 Å². The van der Waals surface area contributed by atoms with Crippen molar-refractivity contribution in [3.05, 3.63) is 35.4 Å². The van der Waals surface area contributed by atoms with Crippen LogP contribution in [-0.2, 0) is 19.7 Å². The van der Waals surface area contributed by atoms with E-state index >= 15 is 0 Å². The van der Waals surface area contributed by atoms with Crippen LogP contribution < -0.4 is 0 Å². The van der Waals surface area contributed by atoms with Crippen molar-refractivity contribution in [3.8, 4) is 11.8 Å². The van der Waals surface area contributed by atoms with Gasteiger partial charge in [0.1, 0.15) is 0 Å². The van der Waals surface area contributed by atoms with Gasteiger partial charge in [-0.25, -0.2) is 4.79 Å². The Bertz CT molecular complexity index is 515. The Morgan fingerprint density at radius 3 is 2.22 bits per heavy atom. The van der Waals surface area contributed by atoms with Crippen LogP contribution in [0.1, 0.15) is 25.0 Å². The highest BCUT2D eigenvalue weighted by Crippen LogP contribution is 2.23. The molecule has 1 aromatic rings. The Balaban J connectivity index is 2.96.